The first-order valence-corrected chi connectivity index (χ1v) is 11.9. The largest absolute Gasteiger partial charge is 0.416 e. The van der Waals surface area contributed by atoms with E-state index in [-0.39, 0.29) is 35.9 Å². The van der Waals surface area contributed by atoms with Crippen molar-refractivity contribution in [2.24, 2.45) is 10.9 Å². The molecule has 2 aliphatic rings. The van der Waals surface area contributed by atoms with Crippen molar-refractivity contribution in [3.63, 3.8) is 0 Å². The SMILES string of the molecule is CC(C)(O)CNC1=NC(=O)SC1=CC1CCCN(Cc2ccc(C(F)(F)F)cc2C(F)(F)F)CC1. The summed E-state index contributed by atoms with van der Waals surface area (Å²) < 4.78 is 79.3. The quantitative estimate of drug-likeness (QED) is 0.475. The minimum atomic E-state index is -4.90. The van der Waals surface area contributed by atoms with Crippen LogP contribution in [0.5, 0.6) is 0 Å². The lowest BCUT2D eigenvalue weighted by Gasteiger charge is -2.23. The van der Waals surface area contributed by atoms with Gasteiger partial charge < -0.3 is 10.4 Å². The normalized spacial score (nSPS) is 21.9. The Balaban J connectivity index is 1.69. The number of carbonyl (C=O) groups is 1. The van der Waals surface area contributed by atoms with Crippen molar-refractivity contribution in [2.75, 3.05) is 19.6 Å². The third kappa shape index (κ3) is 7.97. The number of amidine groups is 1. The van der Waals surface area contributed by atoms with E-state index in [9.17, 15) is 36.2 Å². The van der Waals surface area contributed by atoms with Gasteiger partial charge in [0.1, 0.15) is 5.84 Å². The highest BCUT2D eigenvalue weighted by Gasteiger charge is 2.38. The molecule has 0 bridgehead atoms. The van der Waals surface area contributed by atoms with Gasteiger partial charge in [-0.25, -0.2) is 0 Å². The van der Waals surface area contributed by atoms with Crippen molar-refractivity contribution in [2.45, 2.75) is 57.6 Å². The maximum absolute atomic E-state index is 13.5. The molecule has 1 atom stereocenters. The molecule has 12 heteroatoms. The van der Waals surface area contributed by atoms with Gasteiger partial charge in [-0.05, 0) is 81.6 Å². The molecule has 2 heterocycles. The molecule has 1 amide bonds. The maximum Gasteiger partial charge on any atom is 0.416 e. The van der Waals surface area contributed by atoms with Gasteiger partial charge in [-0.2, -0.15) is 31.3 Å². The van der Waals surface area contributed by atoms with Crippen molar-refractivity contribution in [3.05, 3.63) is 45.9 Å². The fourth-order valence-electron chi connectivity index (χ4n) is 3.97. The van der Waals surface area contributed by atoms with Gasteiger partial charge in [0.25, 0.3) is 0 Å². The Morgan fingerprint density at radius 1 is 1.14 bits per heavy atom. The molecule has 0 aliphatic carbocycles. The van der Waals surface area contributed by atoms with Gasteiger partial charge in [0.2, 0.25) is 0 Å². The Morgan fingerprint density at radius 2 is 1.86 bits per heavy atom. The number of alkyl halides is 6. The summed E-state index contributed by atoms with van der Waals surface area (Å²) in [7, 11) is 0. The molecule has 1 aromatic carbocycles. The molecule has 2 aliphatic heterocycles. The van der Waals surface area contributed by atoms with Crippen LogP contribution in [0.4, 0.5) is 31.1 Å². The number of thioether (sulfide) groups is 1. The number of halogens is 6. The summed E-state index contributed by atoms with van der Waals surface area (Å²) in [6, 6.07) is 1.77. The summed E-state index contributed by atoms with van der Waals surface area (Å²) in [6.45, 7) is 4.29. The molecular weight excluding hydrogens is 496 g/mol. The van der Waals surface area contributed by atoms with Crippen molar-refractivity contribution < 1.29 is 36.2 Å². The minimum absolute atomic E-state index is 0.0530. The fourth-order valence-corrected chi connectivity index (χ4v) is 4.77. The molecule has 5 nitrogen and oxygen atoms in total. The first kappa shape index (κ1) is 27.5. The molecule has 0 radical (unpaired) electrons. The van der Waals surface area contributed by atoms with Crippen molar-refractivity contribution >= 4 is 22.8 Å². The highest BCUT2D eigenvalue weighted by Crippen LogP contribution is 2.38. The van der Waals surface area contributed by atoms with Gasteiger partial charge in [-0.1, -0.05) is 12.1 Å². The summed E-state index contributed by atoms with van der Waals surface area (Å²) in [5.74, 6) is 0.444. The minimum Gasteiger partial charge on any atom is -0.389 e. The first-order chi connectivity index (χ1) is 16.1. The zero-order valence-electron chi connectivity index (χ0n) is 19.3. The summed E-state index contributed by atoms with van der Waals surface area (Å²) in [5.41, 5.74) is -3.78. The van der Waals surface area contributed by atoms with E-state index in [1.54, 1.807) is 13.8 Å². The second-order valence-corrected chi connectivity index (χ2v) is 10.4. The van der Waals surface area contributed by atoms with Crippen LogP contribution in [-0.2, 0) is 18.9 Å². The smallest absolute Gasteiger partial charge is 0.389 e. The van der Waals surface area contributed by atoms with E-state index in [2.05, 4.69) is 10.3 Å². The first-order valence-electron chi connectivity index (χ1n) is 11.1. The number of nitrogens with one attached hydrogen (secondary N) is 1. The van der Waals surface area contributed by atoms with Crippen molar-refractivity contribution in [1.82, 2.24) is 10.2 Å². The molecule has 3 rings (SSSR count). The van der Waals surface area contributed by atoms with Crippen LogP contribution in [0.1, 0.15) is 49.8 Å². The highest BCUT2D eigenvalue weighted by molar-refractivity contribution is 8.18. The monoisotopic (exact) mass is 523 g/mol. The molecule has 0 spiro atoms. The van der Waals surface area contributed by atoms with Gasteiger partial charge in [-0.3, -0.25) is 9.69 Å². The number of aliphatic hydroxyl groups is 1. The molecule has 1 aromatic rings. The topological polar surface area (TPSA) is 64.9 Å². The number of nitrogens with zero attached hydrogens (tertiary/aromatic N) is 2. The molecule has 0 aromatic heterocycles. The Bertz CT molecular complexity index is 998. The molecule has 35 heavy (non-hydrogen) atoms. The van der Waals surface area contributed by atoms with Crippen LogP contribution in [0.25, 0.3) is 0 Å². The van der Waals surface area contributed by atoms with E-state index < -0.39 is 29.1 Å². The zero-order chi connectivity index (χ0) is 26.0. The second kappa shape index (κ2) is 10.5. The van der Waals surface area contributed by atoms with Crippen LogP contribution < -0.4 is 5.32 Å². The van der Waals surface area contributed by atoms with E-state index >= 15 is 0 Å². The number of allylic oxidation sites excluding steroid dienone is 1. The summed E-state index contributed by atoms with van der Waals surface area (Å²) >= 11 is 0.980. The van der Waals surface area contributed by atoms with E-state index in [0.29, 0.717) is 42.7 Å². The maximum atomic E-state index is 13.5. The van der Waals surface area contributed by atoms with Crippen molar-refractivity contribution in [3.8, 4) is 0 Å². The highest BCUT2D eigenvalue weighted by atomic mass is 32.2. The lowest BCUT2D eigenvalue weighted by Crippen LogP contribution is -2.38. The van der Waals surface area contributed by atoms with Crippen LogP contribution >= 0.6 is 11.8 Å². The number of rotatable bonds is 5. The van der Waals surface area contributed by atoms with Crippen LogP contribution in [-0.4, -0.2) is 46.3 Å². The van der Waals surface area contributed by atoms with Crippen LogP contribution in [0.3, 0.4) is 0 Å². The van der Waals surface area contributed by atoms with E-state index in [4.69, 9.17) is 0 Å². The number of benzene rings is 1. The lowest BCUT2D eigenvalue weighted by atomic mass is 10.00. The average Bonchev–Trinajstić information content (AvgIpc) is 2.91. The predicted octanol–water partition coefficient (Wildman–Crippen LogP) is 5.84. The predicted molar refractivity (Wildman–Crippen MR) is 122 cm³/mol. The summed E-state index contributed by atoms with van der Waals surface area (Å²) in [6.07, 6.45) is -5.79. The molecule has 0 saturated carbocycles. The lowest BCUT2D eigenvalue weighted by molar-refractivity contribution is -0.143. The Hall–Kier alpha value is -2.05. The molecule has 1 unspecified atom stereocenters. The molecule has 1 saturated heterocycles. The molecule has 194 valence electrons. The van der Waals surface area contributed by atoms with E-state index in [0.717, 1.165) is 24.2 Å². The molecular formula is C23H27F6N3O2S. The number of carbonyl (C=O) groups excluding carboxylic acids is 1. The standard InChI is InChI=1S/C23H27F6N3O2S/c1-21(2,34)13-30-19-18(35-20(33)31-19)10-14-4-3-8-32(9-7-14)12-15-5-6-16(22(24,25)26)11-17(15)23(27,28)29/h5-6,10-11,14,34H,3-4,7-9,12-13H2,1-2H3,(H,30,31,33). The summed E-state index contributed by atoms with van der Waals surface area (Å²) in [5, 5.41) is 12.5. The molecule has 2 N–H and O–H groups in total. The van der Waals surface area contributed by atoms with Gasteiger partial charge in [0, 0.05) is 13.1 Å². The van der Waals surface area contributed by atoms with Gasteiger partial charge in [0.05, 0.1) is 21.6 Å². The second-order valence-electron chi connectivity index (χ2n) is 9.36. The van der Waals surface area contributed by atoms with Crippen molar-refractivity contribution in [1.29, 1.82) is 0 Å². The van der Waals surface area contributed by atoms with Crippen LogP contribution in [0, 0.1) is 5.92 Å². The number of likely N-dealkylation sites (tertiary alicyclic amines) is 1. The Morgan fingerprint density at radius 3 is 2.49 bits per heavy atom. The van der Waals surface area contributed by atoms with Gasteiger partial charge in [-0.15, -0.1) is 0 Å². The van der Waals surface area contributed by atoms with Gasteiger partial charge >= 0.3 is 17.6 Å². The Labute approximate surface area is 203 Å². The van der Waals surface area contributed by atoms with Crippen LogP contribution in [0.2, 0.25) is 0 Å². The Kier molecular flexibility index (Phi) is 8.27. The van der Waals surface area contributed by atoms with E-state index in [1.165, 1.54) is 0 Å². The number of hydrogen-bond acceptors (Lipinski definition) is 5. The number of hydrogen-bond donors (Lipinski definition) is 2. The molecule has 1 fully saturated rings. The summed E-state index contributed by atoms with van der Waals surface area (Å²) in [4.78, 5) is 18.2. The number of aliphatic imine (C=N–C) groups is 1. The van der Waals surface area contributed by atoms with Crippen LogP contribution in [0.15, 0.2) is 34.2 Å². The average molecular weight is 524 g/mol. The number of amides is 1. The van der Waals surface area contributed by atoms with E-state index in [1.807, 2.05) is 11.0 Å². The third-order valence-corrected chi connectivity index (χ3v) is 6.53. The third-order valence-electron chi connectivity index (χ3n) is 5.71. The van der Waals surface area contributed by atoms with Gasteiger partial charge in [0.15, 0.2) is 0 Å². The fraction of sp³-hybridized carbons (Fsp3) is 0.565. The zero-order valence-corrected chi connectivity index (χ0v) is 20.1.